The molecule has 3 aromatic carbocycles. The summed E-state index contributed by atoms with van der Waals surface area (Å²) in [6.07, 6.45) is 0. The van der Waals surface area contributed by atoms with Gasteiger partial charge < -0.3 is 10.5 Å². The Labute approximate surface area is 135 Å². The molecule has 0 radical (unpaired) electrons. The molecular weight excluding hydrogens is 289 g/mol. The lowest BCUT2D eigenvalue weighted by Crippen LogP contribution is -2.00. The van der Waals surface area contributed by atoms with Crippen molar-refractivity contribution in [1.29, 1.82) is 0 Å². The Hall–Kier alpha value is -2.81. The van der Waals surface area contributed by atoms with Crippen molar-refractivity contribution >= 4 is 5.69 Å². The van der Waals surface area contributed by atoms with Gasteiger partial charge in [0.25, 0.3) is 0 Å². The van der Waals surface area contributed by atoms with Gasteiger partial charge in [-0.3, -0.25) is 0 Å². The fourth-order valence-electron chi connectivity index (χ4n) is 2.54. The third kappa shape index (κ3) is 3.51. The van der Waals surface area contributed by atoms with Crippen LogP contribution in [0.4, 0.5) is 10.1 Å². The summed E-state index contributed by atoms with van der Waals surface area (Å²) in [5.74, 6) is 0.351. The Kier molecular flexibility index (Phi) is 4.29. The monoisotopic (exact) mass is 307 g/mol. The van der Waals surface area contributed by atoms with E-state index in [9.17, 15) is 4.39 Å². The summed E-state index contributed by atoms with van der Waals surface area (Å²) in [5, 5.41) is 0. The molecule has 0 spiro atoms. The Morgan fingerprint density at radius 1 is 0.957 bits per heavy atom. The lowest BCUT2D eigenvalue weighted by molar-refractivity contribution is 0.308. The summed E-state index contributed by atoms with van der Waals surface area (Å²) in [4.78, 5) is 0. The Balaban J connectivity index is 1.90. The summed E-state index contributed by atoms with van der Waals surface area (Å²) >= 11 is 0. The molecule has 0 saturated carbocycles. The van der Waals surface area contributed by atoms with Crippen molar-refractivity contribution in [2.24, 2.45) is 0 Å². The van der Waals surface area contributed by atoms with Gasteiger partial charge in [-0.15, -0.1) is 0 Å². The SMILES string of the molecule is Cc1cc(N)c(OCc2ccccc2)cc1-c1cccc(F)c1. The highest BCUT2D eigenvalue weighted by Crippen LogP contribution is 2.33. The number of benzene rings is 3. The molecule has 23 heavy (non-hydrogen) atoms. The van der Waals surface area contributed by atoms with E-state index in [1.54, 1.807) is 6.07 Å². The van der Waals surface area contributed by atoms with Gasteiger partial charge in [-0.05, 0) is 53.4 Å². The first kappa shape index (κ1) is 15.1. The van der Waals surface area contributed by atoms with Gasteiger partial charge in [0.1, 0.15) is 18.2 Å². The number of nitrogens with two attached hydrogens (primary N) is 1. The fraction of sp³-hybridized carbons (Fsp3) is 0.100. The molecule has 0 aliphatic carbocycles. The molecule has 0 saturated heterocycles. The van der Waals surface area contributed by atoms with Crippen LogP contribution in [-0.2, 0) is 6.61 Å². The van der Waals surface area contributed by atoms with Crippen molar-refractivity contribution < 1.29 is 9.13 Å². The Bertz CT molecular complexity index is 815. The summed E-state index contributed by atoms with van der Waals surface area (Å²) in [7, 11) is 0. The molecule has 2 N–H and O–H groups in total. The average molecular weight is 307 g/mol. The van der Waals surface area contributed by atoms with E-state index in [0.717, 1.165) is 22.3 Å². The molecule has 3 aromatic rings. The first-order valence-corrected chi connectivity index (χ1v) is 7.46. The lowest BCUT2D eigenvalue weighted by atomic mass is 9.99. The minimum atomic E-state index is -0.259. The average Bonchev–Trinajstić information content (AvgIpc) is 2.55. The minimum absolute atomic E-state index is 0.259. The second kappa shape index (κ2) is 6.53. The zero-order valence-electron chi connectivity index (χ0n) is 12.9. The van der Waals surface area contributed by atoms with E-state index in [2.05, 4.69) is 0 Å². The molecule has 3 rings (SSSR count). The summed E-state index contributed by atoms with van der Waals surface area (Å²) < 4.78 is 19.3. The molecule has 116 valence electrons. The molecule has 0 aliphatic heterocycles. The first-order valence-electron chi connectivity index (χ1n) is 7.46. The maximum absolute atomic E-state index is 13.5. The van der Waals surface area contributed by atoms with Crippen molar-refractivity contribution in [2.45, 2.75) is 13.5 Å². The van der Waals surface area contributed by atoms with Crippen LogP contribution in [0.2, 0.25) is 0 Å². The number of anilines is 1. The third-order valence-corrected chi connectivity index (χ3v) is 3.73. The van der Waals surface area contributed by atoms with E-state index in [-0.39, 0.29) is 5.82 Å². The molecular formula is C20H18FNO. The molecule has 0 atom stereocenters. The molecule has 2 nitrogen and oxygen atoms in total. The van der Waals surface area contributed by atoms with Crippen molar-refractivity contribution in [3.8, 4) is 16.9 Å². The van der Waals surface area contributed by atoms with Crippen molar-refractivity contribution in [3.05, 3.63) is 83.7 Å². The van der Waals surface area contributed by atoms with Crippen LogP contribution in [0.3, 0.4) is 0 Å². The van der Waals surface area contributed by atoms with Gasteiger partial charge in [0.2, 0.25) is 0 Å². The van der Waals surface area contributed by atoms with E-state index in [0.29, 0.717) is 18.0 Å². The zero-order valence-corrected chi connectivity index (χ0v) is 12.9. The van der Waals surface area contributed by atoms with Gasteiger partial charge in [-0.1, -0.05) is 42.5 Å². The number of hydrogen-bond donors (Lipinski definition) is 1. The number of halogens is 1. The predicted molar refractivity (Wildman–Crippen MR) is 91.8 cm³/mol. The van der Waals surface area contributed by atoms with Crippen LogP contribution in [0.15, 0.2) is 66.7 Å². The van der Waals surface area contributed by atoms with E-state index in [1.807, 2.05) is 55.5 Å². The van der Waals surface area contributed by atoms with Gasteiger partial charge in [0.15, 0.2) is 0 Å². The van der Waals surface area contributed by atoms with Crippen molar-refractivity contribution in [1.82, 2.24) is 0 Å². The van der Waals surface area contributed by atoms with Crippen LogP contribution >= 0.6 is 0 Å². The number of nitrogen functional groups attached to an aromatic ring is 1. The van der Waals surface area contributed by atoms with Gasteiger partial charge >= 0.3 is 0 Å². The largest absolute Gasteiger partial charge is 0.487 e. The molecule has 3 heteroatoms. The fourth-order valence-corrected chi connectivity index (χ4v) is 2.54. The molecule has 0 aliphatic rings. The van der Waals surface area contributed by atoms with Crippen molar-refractivity contribution in [3.63, 3.8) is 0 Å². The maximum Gasteiger partial charge on any atom is 0.143 e. The van der Waals surface area contributed by atoms with Crippen LogP contribution < -0.4 is 10.5 Å². The number of hydrogen-bond acceptors (Lipinski definition) is 2. The third-order valence-electron chi connectivity index (χ3n) is 3.73. The maximum atomic E-state index is 13.5. The summed E-state index contributed by atoms with van der Waals surface area (Å²) in [5.41, 5.74) is 10.4. The van der Waals surface area contributed by atoms with Crippen LogP contribution in [0.5, 0.6) is 5.75 Å². The highest BCUT2D eigenvalue weighted by molar-refractivity contribution is 5.73. The van der Waals surface area contributed by atoms with Gasteiger partial charge in [-0.2, -0.15) is 0 Å². The van der Waals surface area contributed by atoms with E-state index in [1.165, 1.54) is 12.1 Å². The Morgan fingerprint density at radius 2 is 1.74 bits per heavy atom. The quantitative estimate of drug-likeness (QED) is 0.691. The normalized spacial score (nSPS) is 10.5. The highest BCUT2D eigenvalue weighted by Gasteiger charge is 2.09. The minimum Gasteiger partial charge on any atom is -0.487 e. The van der Waals surface area contributed by atoms with Crippen LogP contribution in [0.1, 0.15) is 11.1 Å². The topological polar surface area (TPSA) is 35.2 Å². The number of ether oxygens (including phenoxy) is 1. The molecule has 0 unspecified atom stereocenters. The summed E-state index contributed by atoms with van der Waals surface area (Å²) in [6.45, 7) is 2.40. The van der Waals surface area contributed by atoms with Gasteiger partial charge in [-0.25, -0.2) is 4.39 Å². The van der Waals surface area contributed by atoms with E-state index >= 15 is 0 Å². The zero-order chi connectivity index (χ0) is 16.2. The van der Waals surface area contributed by atoms with E-state index < -0.39 is 0 Å². The predicted octanol–water partition coefficient (Wildman–Crippen LogP) is 4.96. The molecule has 0 fully saturated rings. The first-order chi connectivity index (χ1) is 11.1. The highest BCUT2D eigenvalue weighted by atomic mass is 19.1. The van der Waals surface area contributed by atoms with E-state index in [4.69, 9.17) is 10.5 Å². The molecule has 0 amide bonds. The standard InChI is InChI=1S/C20H18FNO/c1-14-10-19(22)20(23-13-15-6-3-2-4-7-15)12-18(14)16-8-5-9-17(21)11-16/h2-12H,13,22H2,1H3. The van der Waals surface area contributed by atoms with Crippen molar-refractivity contribution in [2.75, 3.05) is 5.73 Å². The second-order valence-electron chi connectivity index (χ2n) is 5.49. The number of aryl methyl sites for hydroxylation is 1. The van der Waals surface area contributed by atoms with Gasteiger partial charge in [0, 0.05) is 0 Å². The second-order valence-corrected chi connectivity index (χ2v) is 5.49. The summed E-state index contributed by atoms with van der Waals surface area (Å²) in [6, 6.07) is 20.2. The van der Waals surface area contributed by atoms with Gasteiger partial charge in [0.05, 0.1) is 5.69 Å². The van der Waals surface area contributed by atoms with Crippen LogP contribution in [0, 0.1) is 12.7 Å². The smallest absolute Gasteiger partial charge is 0.143 e. The molecule has 0 bridgehead atoms. The molecule has 0 aromatic heterocycles. The molecule has 0 heterocycles. The van der Waals surface area contributed by atoms with Crippen LogP contribution in [-0.4, -0.2) is 0 Å². The Morgan fingerprint density at radius 3 is 2.48 bits per heavy atom. The lowest BCUT2D eigenvalue weighted by Gasteiger charge is -2.14. The number of rotatable bonds is 4. The van der Waals surface area contributed by atoms with Crippen LogP contribution in [0.25, 0.3) is 11.1 Å².